The zero-order valence-corrected chi connectivity index (χ0v) is 16.8. The summed E-state index contributed by atoms with van der Waals surface area (Å²) < 4.78 is 41.3. The van der Waals surface area contributed by atoms with E-state index in [1.54, 1.807) is 6.07 Å². The molecule has 0 aliphatic heterocycles. The van der Waals surface area contributed by atoms with Gasteiger partial charge in [-0.2, -0.15) is 8.78 Å². The molecule has 2 heterocycles. The Morgan fingerprint density at radius 2 is 1.79 bits per heavy atom. The fraction of sp³-hybridized carbons (Fsp3) is 0.211. The van der Waals surface area contributed by atoms with E-state index >= 15 is 0 Å². The summed E-state index contributed by atoms with van der Waals surface area (Å²) in [5.74, 6) is -0.0595. The van der Waals surface area contributed by atoms with Crippen LogP contribution in [0.4, 0.5) is 30.5 Å². The number of phenols is 1. The summed E-state index contributed by atoms with van der Waals surface area (Å²) in [6.45, 7) is 3.81. The Bertz CT molecular complexity index is 1030. The average Bonchev–Trinajstić information content (AvgIpc) is 2.62. The number of aromatic hydroxyl groups is 1. The number of halogens is 3. The van der Waals surface area contributed by atoms with Crippen LogP contribution in [0.5, 0.6) is 5.75 Å². The van der Waals surface area contributed by atoms with Crippen LogP contribution in [0.25, 0.3) is 11.4 Å². The van der Waals surface area contributed by atoms with Crippen molar-refractivity contribution in [2.75, 3.05) is 10.6 Å². The lowest BCUT2D eigenvalue weighted by Crippen LogP contribution is -2.12. The number of nitrogens with zero attached hydrogens (tertiary/aromatic N) is 3. The van der Waals surface area contributed by atoms with Crippen LogP contribution < -0.4 is 10.6 Å². The third-order valence-corrected chi connectivity index (χ3v) is 4.02. The van der Waals surface area contributed by atoms with Gasteiger partial charge in [-0.25, -0.2) is 14.4 Å². The maximum atomic E-state index is 14.3. The van der Waals surface area contributed by atoms with Crippen LogP contribution in [0.15, 0.2) is 42.6 Å². The fourth-order valence-electron chi connectivity index (χ4n) is 2.52. The minimum atomic E-state index is -3.18. The monoisotopic (exact) mass is 421 g/mol. The maximum absolute atomic E-state index is 14.3. The highest BCUT2D eigenvalue weighted by molar-refractivity contribution is 7.17. The number of phenolic OH excluding ortho intramolecular Hbond substituents is 1. The predicted molar refractivity (Wildman–Crippen MR) is 109 cm³/mol. The standard InChI is InChI=1S/C19H19F3N5OP/c1-10(2)24-16-9-17(25-11-5-6-23-15(7-11)19(21,22)29)27-18(26-16)13-8-12(28)3-4-14(13)20/h3-10,28H,29H2,1-2H3,(H2,23,24,25,26,27). The Morgan fingerprint density at radius 3 is 2.48 bits per heavy atom. The molecule has 1 atom stereocenters. The quantitative estimate of drug-likeness (QED) is 0.493. The molecule has 0 spiro atoms. The van der Waals surface area contributed by atoms with Gasteiger partial charge in [0.1, 0.15) is 28.9 Å². The van der Waals surface area contributed by atoms with Crippen molar-refractivity contribution < 1.29 is 18.3 Å². The lowest BCUT2D eigenvalue weighted by atomic mass is 10.2. The Balaban J connectivity index is 2.03. The van der Waals surface area contributed by atoms with Gasteiger partial charge in [-0.1, -0.05) is 9.24 Å². The second-order valence-electron chi connectivity index (χ2n) is 6.60. The van der Waals surface area contributed by atoms with E-state index in [-0.39, 0.29) is 29.0 Å². The van der Waals surface area contributed by atoms with Crippen LogP contribution in [0.3, 0.4) is 0 Å². The maximum Gasteiger partial charge on any atom is 0.300 e. The molecule has 0 saturated carbocycles. The molecule has 3 N–H and O–H groups in total. The van der Waals surface area contributed by atoms with Crippen molar-refractivity contribution in [2.45, 2.75) is 25.6 Å². The molecule has 152 valence electrons. The van der Waals surface area contributed by atoms with Crippen molar-refractivity contribution in [2.24, 2.45) is 0 Å². The van der Waals surface area contributed by atoms with Crippen LogP contribution in [0.2, 0.25) is 0 Å². The first-order chi connectivity index (χ1) is 13.6. The number of rotatable bonds is 6. The predicted octanol–water partition coefficient (Wildman–Crippen LogP) is 4.87. The first-order valence-electron chi connectivity index (χ1n) is 8.66. The molecule has 10 heteroatoms. The summed E-state index contributed by atoms with van der Waals surface area (Å²) in [6, 6.07) is 7.85. The molecule has 3 aromatic rings. The third-order valence-electron chi connectivity index (χ3n) is 3.73. The molecule has 0 aliphatic carbocycles. The van der Waals surface area contributed by atoms with Crippen molar-refractivity contribution in [3.8, 4) is 17.1 Å². The molecule has 0 saturated heterocycles. The minimum absolute atomic E-state index is 0.00682. The van der Waals surface area contributed by atoms with Crippen molar-refractivity contribution in [1.82, 2.24) is 15.0 Å². The molecule has 0 fully saturated rings. The highest BCUT2D eigenvalue weighted by Crippen LogP contribution is 2.35. The average molecular weight is 421 g/mol. The summed E-state index contributed by atoms with van der Waals surface area (Å²) in [7, 11) is 1.43. The highest BCUT2D eigenvalue weighted by Gasteiger charge is 2.26. The number of nitrogens with one attached hydrogen (secondary N) is 2. The first-order valence-corrected chi connectivity index (χ1v) is 9.24. The van der Waals surface area contributed by atoms with E-state index in [2.05, 4.69) is 25.6 Å². The van der Waals surface area contributed by atoms with Gasteiger partial charge in [-0.15, -0.1) is 0 Å². The molecule has 1 aromatic carbocycles. The molecule has 29 heavy (non-hydrogen) atoms. The summed E-state index contributed by atoms with van der Waals surface area (Å²) in [4.78, 5) is 12.2. The largest absolute Gasteiger partial charge is 0.508 e. The number of hydrogen-bond acceptors (Lipinski definition) is 6. The lowest BCUT2D eigenvalue weighted by molar-refractivity contribution is 0.0987. The molecule has 0 radical (unpaired) electrons. The summed E-state index contributed by atoms with van der Waals surface area (Å²) >= 11 is 0. The van der Waals surface area contributed by atoms with Crippen LogP contribution >= 0.6 is 9.24 Å². The number of alkyl halides is 2. The summed E-state index contributed by atoms with van der Waals surface area (Å²) in [5, 5.41) is 15.7. The van der Waals surface area contributed by atoms with Gasteiger partial charge < -0.3 is 15.7 Å². The van der Waals surface area contributed by atoms with Gasteiger partial charge in [0, 0.05) is 24.0 Å². The molecular formula is C19H19F3N5OP. The highest BCUT2D eigenvalue weighted by atomic mass is 31.0. The van der Waals surface area contributed by atoms with E-state index in [1.807, 2.05) is 13.8 Å². The number of benzene rings is 1. The number of pyridine rings is 1. The SMILES string of the molecule is CC(C)Nc1cc(Nc2ccnc(C(F)(F)P)c2)nc(-c2cc(O)ccc2F)n1. The molecule has 0 amide bonds. The van der Waals surface area contributed by atoms with Crippen LogP contribution in [0.1, 0.15) is 19.5 Å². The van der Waals surface area contributed by atoms with E-state index < -0.39 is 17.2 Å². The van der Waals surface area contributed by atoms with Gasteiger partial charge in [0.2, 0.25) is 0 Å². The second-order valence-corrected chi connectivity index (χ2v) is 7.33. The van der Waals surface area contributed by atoms with Crippen molar-refractivity contribution in [1.29, 1.82) is 0 Å². The van der Waals surface area contributed by atoms with E-state index in [4.69, 9.17) is 0 Å². The molecule has 2 aromatic heterocycles. The van der Waals surface area contributed by atoms with Gasteiger partial charge >= 0.3 is 0 Å². The van der Waals surface area contributed by atoms with Crippen molar-refractivity contribution >= 4 is 26.6 Å². The van der Waals surface area contributed by atoms with Gasteiger partial charge in [0.05, 0.1) is 5.56 Å². The molecule has 3 rings (SSSR count). The van der Waals surface area contributed by atoms with Crippen LogP contribution in [-0.2, 0) is 5.66 Å². The Labute approximate surface area is 167 Å². The summed E-state index contributed by atoms with van der Waals surface area (Å²) in [6.07, 6.45) is 1.25. The molecule has 6 nitrogen and oxygen atoms in total. The first kappa shape index (κ1) is 20.8. The normalized spacial score (nSPS) is 11.6. The van der Waals surface area contributed by atoms with Crippen molar-refractivity contribution in [3.63, 3.8) is 0 Å². The van der Waals surface area contributed by atoms with E-state index in [1.165, 1.54) is 39.7 Å². The van der Waals surface area contributed by atoms with E-state index in [0.717, 1.165) is 6.07 Å². The van der Waals surface area contributed by atoms with Crippen LogP contribution in [0, 0.1) is 5.82 Å². The molecule has 0 aliphatic rings. The minimum Gasteiger partial charge on any atom is -0.508 e. The molecule has 1 unspecified atom stereocenters. The smallest absolute Gasteiger partial charge is 0.300 e. The van der Waals surface area contributed by atoms with Crippen molar-refractivity contribution in [3.05, 3.63) is 54.1 Å². The lowest BCUT2D eigenvalue weighted by Gasteiger charge is -2.15. The van der Waals surface area contributed by atoms with Gasteiger partial charge in [-0.05, 0) is 44.2 Å². The molecule has 0 bridgehead atoms. The van der Waals surface area contributed by atoms with E-state index in [9.17, 15) is 18.3 Å². The third kappa shape index (κ3) is 5.32. The number of hydrogen-bond donors (Lipinski definition) is 3. The fourth-order valence-corrected chi connectivity index (χ4v) is 2.68. The summed E-state index contributed by atoms with van der Waals surface area (Å²) in [5.41, 5.74) is -3.27. The van der Waals surface area contributed by atoms with E-state index in [0.29, 0.717) is 11.5 Å². The second kappa shape index (κ2) is 8.21. The zero-order chi connectivity index (χ0) is 21.2. The van der Waals surface area contributed by atoms with Gasteiger partial charge in [-0.3, -0.25) is 4.98 Å². The number of aromatic nitrogens is 3. The van der Waals surface area contributed by atoms with Gasteiger partial charge in [0.15, 0.2) is 5.82 Å². The Hall–Kier alpha value is -2.93. The Kier molecular flexibility index (Phi) is 5.88. The Morgan fingerprint density at radius 1 is 1.07 bits per heavy atom. The van der Waals surface area contributed by atoms with Crippen LogP contribution in [-0.4, -0.2) is 26.1 Å². The van der Waals surface area contributed by atoms with Gasteiger partial charge in [0.25, 0.3) is 5.66 Å². The molecular weight excluding hydrogens is 402 g/mol. The zero-order valence-electron chi connectivity index (χ0n) is 15.6. The number of anilines is 3. The topological polar surface area (TPSA) is 83.0 Å².